The quantitative estimate of drug-likeness (QED) is 0.156. The number of sulfonamides is 1. The number of benzene rings is 1. The van der Waals surface area contributed by atoms with Crippen LogP contribution in [0.4, 0.5) is 18.0 Å². The third-order valence-electron chi connectivity index (χ3n) is 14.3. The summed E-state index contributed by atoms with van der Waals surface area (Å²) in [5.74, 6) is -3.47. The summed E-state index contributed by atoms with van der Waals surface area (Å²) in [6.07, 6.45) is 4.49. The summed E-state index contributed by atoms with van der Waals surface area (Å²) in [5, 5.41) is 5.86. The topological polar surface area (TPSA) is 195 Å². The number of pyridine rings is 1. The van der Waals surface area contributed by atoms with Gasteiger partial charge >= 0.3 is 12.3 Å². The van der Waals surface area contributed by atoms with Gasteiger partial charge in [-0.3, -0.25) is 24.0 Å². The molecule has 1 aromatic carbocycles. The van der Waals surface area contributed by atoms with E-state index in [0.29, 0.717) is 75.9 Å². The van der Waals surface area contributed by atoms with E-state index in [0.717, 1.165) is 11.4 Å². The van der Waals surface area contributed by atoms with E-state index < -0.39 is 97.4 Å². The van der Waals surface area contributed by atoms with Crippen molar-refractivity contribution in [3.8, 4) is 11.5 Å². The molecule has 2 aromatic rings. The minimum absolute atomic E-state index is 0.0532. The summed E-state index contributed by atoms with van der Waals surface area (Å²) in [5.41, 5.74) is -5.30. The first-order valence-corrected chi connectivity index (χ1v) is 25.9. The molecule has 7 rings (SSSR count). The van der Waals surface area contributed by atoms with Crippen molar-refractivity contribution in [3.05, 3.63) is 53.8 Å². The summed E-state index contributed by atoms with van der Waals surface area (Å²) in [4.78, 5) is 64.7. The van der Waals surface area contributed by atoms with Gasteiger partial charge in [-0.15, -0.1) is 0 Å². The predicted molar refractivity (Wildman–Crippen MR) is 255 cm³/mol. The molecule has 0 radical (unpaired) electrons. The van der Waals surface area contributed by atoms with Crippen LogP contribution in [-0.2, 0) is 46.5 Å². The summed E-state index contributed by atoms with van der Waals surface area (Å²) in [6.45, 7) is 14.7. The Morgan fingerprint density at radius 1 is 1.01 bits per heavy atom. The van der Waals surface area contributed by atoms with Crippen LogP contribution in [0.25, 0.3) is 10.9 Å². The molecule has 4 heterocycles. The van der Waals surface area contributed by atoms with Crippen molar-refractivity contribution in [1.82, 2.24) is 30.1 Å². The number of morpholine rings is 1. The predicted octanol–water partition coefficient (Wildman–Crippen LogP) is 6.89. The number of likely N-dealkylation sites (N-methyl/N-ethyl adjacent to an activating group) is 1. The van der Waals surface area contributed by atoms with E-state index in [9.17, 15) is 22.8 Å². The molecular formula is C50H69F3N6O10S. The number of carbonyl (C=O) groups excluding carboxylic acids is 4. The van der Waals surface area contributed by atoms with Crippen molar-refractivity contribution in [3.63, 3.8) is 0 Å². The summed E-state index contributed by atoms with van der Waals surface area (Å²) in [7, 11) is -2.84. The molecule has 2 fully saturated rings. The molecule has 386 valence electrons. The van der Waals surface area contributed by atoms with Crippen LogP contribution in [0.15, 0.2) is 42.5 Å². The number of hydrogen-bond acceptors (Lipinski definition) is 12. The van der Waals surface area contributed by atoms with Gasteiger partial charge in [0.05, 0.1) is 30.1 Å². The Morgan fingerprint density at radius 2 is 1.73 bits per heavy atom. The third-order valence-corrected chi connectivity index (χ3v) is 16.4. The molecule has 0 unspecified atom stereocenters. The average Bonchev–Trinajstić information content (AvgIpc) is 4.03. The maximum absolute atomic E-state index is 15.1. The fourth-order valence-electron chi connectivity index (χ4n) is 9.71. The van der Waals surface area contributed by atoms with Crippen LogP contribution < -0.4 is 24.8 Å². The number of aryl methyl sites for hydroxylation is 1. The number of allylic oxidation sites excluding steroid dienone is 1. The number of ether oxygens (including phenoxy) is 4. The van der Waals surface area contributed by atoms with E-state index in [1.807, 2.05) is 6.08 Å². The number of nitrogens with zero attached hydrogens (tertiary/aromatic N) is 3. The van der Waals surface area contributed by atoms with Gasteiger partial charge in [-0.2, -0.15) is 13.2 Å². The van der Waals surface area contributed by atoms with Crippen LogP contribution in [-0.4, -0.2) is 126 Å². The second-order valence-electron chi connectivity index (χ2n) is 21.2. The number of aromatic nitrogens is 1. The lowest BCUT2D eigenvalue weighted by Crippen LogP contribution is -2.68. The second kappa shape index (κ2) is 20.3. The Kier molecular flexibility index (Phi) is 15.3. The first-order chi connectivity index (χ1) is 32.7. The number of nitrogens with one attached hydrogen (secondary N) is 3. The number of hydrogen-bond donors (Lipinski definition) is 3. The molecule has 70 heavy (non-hydrogen) atoms. The van der Waals surface area contributed by atoms with E-state index >= 15 is 18.0 Å². The number of alkyl halides is 3. The fourth-order valence-corrected chi connectivity index (χ4v) is 11.0. The number of rotatable bonds is 11. The minimum Gasteiger partial charge on any atom is -0.494 e. The normalized spacial score (nSPS) is 29.2. The molecule has 1 saturated carbocycles. The highest BCUT2D eigenvalue weighted by atomic mass is 32.2. The Bertz CT molecular complexity index is 2480. The van der Waals surface area contributed by atoms with Crippen molar-refractivity contribution in [2.45, 2.75) is 171 Å². The number of fused-ring (bicyclic) bond motifs is 4. The summed E-state index contributed by atoms with van der Waals surface area (Å²) in [6, 6.07) is 2.52. The Morgan fingerprint density at radius 3 is 2.37 bits per heavy atom. The molecular weight excluding hydrogens is 934 g/mol. The monoisotopic (exact) mass is 1000 g/mol. The van der Waals surface area contributed by atoms with Gasteiger partial charge in [0.1, 0.15) is 34.6 Å². The van der Waals surface area contributed by atoms with E-state index in [1.165, 1.54) is 26.1 Å². The van der Waals surface area contributed by atoms with E-state index in [-0.39, 0.29) is 42.4 Å². The van der Waals surface area contributed by atoms with Crippen molar-refractivity contribution in [2.75, 3.05) is 33.4 Å². The number of alkyl carbamates (subject to hydrolysis) is 1. The van der Waals surface area contributed by atoms with Crippen molar-refractivity contribution in [1.29, 1.82) is 0 Å². The van der Waals surface area contributed by atoms with Gasteiger partial charge in [0.2, 0.25) is 21.8 Å². The summed E-state index contributed by atoms with van der Waals surface area (Å²) >= 11 is 0. The SMILES string of the molecule is C[C@@H]1COC[C@H](C)N1CCCOc1ccc2nc(C(F)(F)F)c3c(c2c1)CC[C@](C)(C[C@H]1C(=O)N[C@]2(C(=O)NS(=O)(=O)C4(C)CC4)C=C[C@H]2/C=C\CCCCC[C@H](NC(=O)OC(C)(C)C)C(=O)N1C)O3. The largest absolute Gasteiger partial charge is 0.494 e. The minimum atomic E-state index is -4.95. The standard InChI is InChI=1S/C50H69F3N6O10S/c1-31-29-66-30-32(2)59(31)25-14-26-67-34-17-18-37-36(27-34)35-20-21-47(6,68-40(35)41(54-37)50(51,52)53)28-39-42(60)56-49(44(62)57-70(64,65)48(7)23-24-48)22-19-33(49)15-12-10-9-11-13-16-38(43(61)58(39)8)55-45(63)69-46(3,4)5/h12,15,17-19,22,27,31-33,38-39H,9-11,13-14,16,20-21,23-26,28-30H2,1-8H3,(H,55,63)(H,56,60)(H,57,62)/b15-12-/t31-,32+,33-,38+,39+,47-,49-/m1/s1. The molecule has 16 nitrogen and oxygen atoms in total. The lowest BCUT2D eigenvalue weighted by atomic mass is 9.73. The lowest BCUT2D eigenvalue weighted by molar-refractivity contribution is -0.146. The lowest BCUT2D eigenvalue weighted by Gasteiger charge is -2.44. The Hall–Kier alpha value is -4.95. The first-order valence-electron chi connectivity index (χ1n) is 24.4. The molecule has 2 aliphatic carbocycles. The van der Waals surface area contributed by atoms with Gasteiger partial charge in [0.15, 0.2) is 11.4 Å². The molecule has 1 saturated heterocycles. The molecule has 4 amide bonds. The molecule has 20 heteroatoms. The van der Waals surface area contributed by atoms with Gasteiger partial charge < -0.3 is 34.5 Å². The van der Waals surface area contributed by atoms with E-state index in [4.69, 9.17) is 18.9 Å². The maximum Gasteiger partial charge on any atom is 0.437 e. The summed E-state index contributed by atoms with van der Waals surface area (Å²) < 4.78 is 96.7. The maximum atomic E-state index is 15.1. The molecule has 0 spiro atoms. The Labute approximate surface area is 408 Å². The van der Waals surface area contributed by atoms with Crippen molar-refractivity contribution in [2.24, 2.45) is 5.92 Å². The molecule has 3 N–H and O–H groups in total. The zero-order valence-corrected chi connectivity index (χ0v) is 42.3. The third kappa shape index (κ3) is 11.7. The number of carbonyl (C=O) groups is 4. The van der Waals surface area contributed by atoms with Crippen LogP contribution in [0, 0.1) is 5.92 Å². The van der Waals surface area contributed by atoms with Crippen LogP contribution in [0.3, 0.4) is 0 Å². The van der Waals surface area contributed by atoms with Crippen molar-refractivity contribution < 1.29 is 59.7 Å². The van der Waals surface area contributed by atoms with Crippen LogP contribution in [0.5, 0.6) is 11.5 Å². The van der Waals surface area contributed by atoms with Gasteiger partial charge in [-0.25, -0.2) is 18.2 Å². The zero-order valence-electron chi connectivity index (χ0n) is 41.5. The fraction of sp³-hybridized carbons (Fsp3) is 0.660. The average molecular weight is 1000 g/mol. The molecule has 1 aromatic heterocycles. The molecule has 0 bridgehead atoms. The number of amides is 4. The first kappa shape index (κ1) is 52.9. The van der Waals surface area contributed by atoms with E-state index in [1.54, 1.807) is 52.0 Å². The number of halogens is 3. The Balaban J connectivity index is 1.21. The van der Waals surface area contributed by atoms with Gasteiger partial charge in [0, 0.05) is 49.0 Å². The van der Waals surface area contributed by atoms with Gasteiger partial charge in [-0.1, -0.05) is 37.1 Å². The molecule has 3 aliphatic heterocycles. The highest BCUT2D eigenvalue weighted by Crippen LogP contribution is 2.47. The van der Waals surface area contributed by atoms with Crippen LogP contribution in [0.2, 0.25) is 0 Å². The van der Waals surface area contributed by atoms with Crippen molar-refractivity contribution >= 4 is 44.7 Å². The smallest absolute Gasteiger partial charge is 0.437 e. The molecule has 7 atom stereocenters. The van der Waals surface area contributed by atoms with Crippen LogP contribution >= 0.6 is 0 Å². The second-order valence-corrected chi connectivity index (χ2v) is 23.4. The van der Waals surface area contributed by atoms with Gasteiger partial charge in [-0.05, 0) is 118 Å². The highest BCUT2D eigenvalue weighted by Gasteiger charge is 2.56. The highest BCUT2D eigenvalue weighted by molar-refractivity contribution is 7.91. The molecule has 5 aliphatic rings. The zero-order chi connectivity index (χ0) is 51.0. The van der Waals surface area contributed by atoms with E-state index in [2.05, 4.69) is 39.1 Å². The van der Waals surface area contributed by atoms with Gasteiger partial charge in [0.25, 0.3) is 5.91 Å². The van der Waals surface area contributed by atoms with Crippen LogP contribution in [0.1, 0.15) is 124 Å².